The van der Waals surface area contributed by atoms with Crippen molar-refractivity contribution in [2.24, 2.45) is 17.6 Å². The number of hydrogen-bond acceptors (Lipinski definition) is 3. The first kappa shape index (κ1) is 16.4. The summed E-state index contributed by atoms with van der Waals surface area (Å²) in [6, 6.07) is 0.460. The van der Waals surface area contributed by atoms with Crippen molar-refractivity contribution < 1.29 is 4.79 Å². The fraction of sp³-hybridized carbons (Fsp3) is 0.933. The minimum absolute atomic E-state index is 0.128. The molecule has 1 fully saturated rings. The first-order valence-electron chi connectivity index (χ1n) is 7.55. The van der Waals surface area contributed by atoms with E-state index in [1.807, 2.05) is 19.0 Å². The van der Waals surface area contributed by atoms with E-state index in [0.717, 1.165) is 32.4 Å². The SMILES string of the molecule is CCN(C(=O)C1CC(C)CC(N)C1)C(C)CN(C)C. The summed E-state index contributed by atoms with van der Waals surface area (Å²) in [7, 11) is 4.10. The minimum atomic E-state index is 0.128. The normalized spacial score (nSPS) is 29.3. The number of likely N-dealkylation sites (N-methyl/N-ethyl adjacent to an activating group) is 2. The van der Waals surface area contributed by atoms with Crippen LogP contribution in [0.3, 0.4) is 0 Å². The first-order valence-corrected chi connectivity index (χ1v) is 7.55. The van der Waals surface area contributed by atoms with Gasteiger partial charge in [0, 0.05) is 31.1 Å². The van der Waals surface area contributed by atoms with Crippen molar-refractivity contribution in [3.63, 3.8) is 0 Å². The summed E-state index contributed by atoms with van der Waals surface area (Å²) in [5, 5.41) is 0. The van der Waals surface area contributed by atoms with Crippen LogP contribution in [-0.2, 0) is 4.79 Å². The van der Waals surface area contributed by atoms with Gasteiger partial charge in [0.1, 0.15) is 0 Å². The van der Waals surface area contributed by atoms with Crippen molar-refractivity contribution in [2.45, 2.75) is 52.1 Å². The molecule has 112 valence electrons. The standard InChI is InChI=1S/C15H31N3O/c1-6-18(12(3)10-17(4)5)15(19)13-7-11(2)8-14(16)9-13/h11-14H,6-10,16H2,1-5H3. The summed E-state index contributed by atoms with van der Waals surface area (Å²) in [4.78, 5) is 16.9. The Morgan fingerprint density at radius 1 is 1.32 bits per heavy atom. The number of amides is 1. The molecule has 0 aromatic heterocycles. The average molecular weight is 269 g/mol. The Morgan fingerprint density at radius 3 is 2.42 bits per heavy atom. The van der Waals surface area contributed by atoms with Gasteiger partial charge in [-0.3, -0.25) is 4.79 Å². The molecule has 4 nitrogen and oxygen atoms in total. The molecule has 0 saturated heterocycles. The second-order valence-corrected chi connectivity index (χ2v) is 6.50. The van der Waals surface area contributed by atoms with Crippen LogP contribution in [0.5, 0.6) is 0 Å². The van der Waals surface area contributed by atoms with E-state index in [9.17, 15) is 4.79 Å². The molecule has 1 saturated carbocycles. The third kappa shape index (κ3) is 4.77. The Labute approximate surface area is 118 Å². The molecule has 0 bridgehead atoms. The van der Waals surface area contributed by atoms with E-state index in [1.54, 1.807) is 0 Å². The van der Waals surface area contributed by atoms with Crippen molar-refractivity contribution in [2.75, 3.05) is 27.2 Å². The molecule has 0 aromatic rings. The summed E-state index contributed by atoms with van der Waals surface area (Å²) in [6.45, 7) is 8.10. The number of hydrogen-bond donors (Lipinski definition) is 1. The summed E-state index contributed by atoms with van der Waals surface area (Å²) in [5.41, 5.74) is 6.07. The van der Waals surface area contributed by atoms with Crippen molar-refractivity contribution in [3.05, 3.63) is 0 Å². The molecule has 4 unspecified atom stereocenters. The summed E-state index contributed by atoms with van der Waals surface area (Å²) < 4.78 is 0. The second-order valence-electron chi connectivity index (χ2n) is 6.50. The van der Waals surface area contributed by atoms with Crippen molar-refractivity contribution in [3.8, 4) is 0 Å². The van der Waals surface area contributed by atoms with E-state index in [0.29, 0.717) is 11.8 Å². The van der Waals surface area contributed by atoms with Crippen LogP contribution in [0.15, 0.2) is 0 Å². The average Bonchev–Trinajstić information content (AvgIpc) is 2.27. The maximum absolute atomic E-state index is 12.7. The first-order chi connectivity index (χ1) is 8.85. The highest BCUT2D eigenvalue weighted by Gasteiger charge is 2.33. The topological polar surface area (TPSA) is 49.6 Å². The van der Waals surface area contributed by atoms with Crippen LogP contribution in [0.2, 0.25) is 0 Å². The summed E-state index contributed by atoms with van der Waals surface area (Å²) >= 11 is 0. The van der Waals surface area contributed by atoms with Gasteiger partial charge < -0.3 is 15.5 Å². The Balaban J connectivity index is 2.67. The number of nitrogens with two attached hydrogens (primary N) is 1. The molecule has 1 amide bonds. The van der Waals surface area contributed by atoms with E-state index >= 15 is 0 Å². The zero-order valence-electron chi connectivity index (χ0n) is 13.2. The molecule has 4 atom stereocenters. The Hall–Kier alpha value is -0.610. The summed E-state index contributed by atoms with van der Waals surface area (Å²) in [6.07, 6.45) is 2.91. The monoisotopic (exact) mass is 269 g/mol. The molecule has 2 N–H and O–H groups in total. The molecule has 0 spiro atoms. The minimum Gasteiger partial charge on any atom is -0.339 e. The number of carbonyl (C=O) groups is 1. The van der Waals surface area contributed by atoms with E-state index in [2.05, 4.69) is 25.7 Å². The van der Waals surface area contributed by atoms with Gasteiger partial charge in [0.15, 0.2) is 0 Å². The van der Waals surface area contributed by atoms with Gasteiger partial charge >= 0.3 is 0 Å². The summed E-state index contributed by atoms with van der Waals surface area (Å²) in [5.74, 6) is 1.00. The van der Waals surface area contributed by atoms with Gasteiger partial charge in [-0.25, -0.2) is 0 Å². The van der Waals surface area contributed by atoms with Crippen molar-refractivity contribution >= 4 is 5.91 Å². The Morgan fingerprint density at radius 2 is 1.95 bits per heavy atom. The van der Waals surface area contributed by atoms with Crippen LogP contribution < -0.4 is 5.73 Å². The fourth-order valence-electron chi connectivity index (χ4n) is 3.40. The number of carbonyl (C=O) groups excluding carboxylic acids is 1. The molecule has 0 heterocycles. The largest absolute Gasteiger partial charge is 0.339 e. The van der Waals surface area contributed by atoms with Crippen LogP contribution in [0.25, 0.3) is 0 Å². The lowest BCUT2D eigenvalue weighted by Gasteiger charge is -2.37. The van der Waals surface area contributed by atoms with E-state index < -0.39 is 0 Å². The molecule has 4 heteroatoms. The lowest BCUT2D eigenvalue weighted by atomic mass is 9.79. The van der Waals surface area contributed by atoms with Crippen LogP contribution >= 0.6 is 0 Å². The van der Waals surface area contributed by atoms with E-state index in [1.165, 1.54) is 0 Å². The maximum Gasteiger partial charge on any atom is 0.226 e. The van der Waals surface area contributed by atoms with Crippen LogP contribution in [0, 0.1) is 11.8 Å². The molecule has 19 heavy (non-hydrogen) atoms. The maximum atomic E-state index is 12.7. The van der Waals surface area contributed by atoms with Crippen LogP contribution in [0.4, 0.5) is 0 Å². The lowest BCUT2D eigenvalue weighted by Crippen LogP contribution is -2.48. The molecular weight excluding hydrogens is 238 g/mol. The predicted molar refractivity (Wildman–Crippen MR) is 79.9 cm³/mol. The molecule has 0 aliphatic heterocycles. The third-order valence-electron chi connectivity index (χ3n) is 4.11. The number of rotatable bonds is 5. The van der Waals surface area contributed by atoms with Gasteiger partial charge in [0.2, 0.25) is 5.91 Å². The highest BCUT2D eigenvalue weighted by Crippen LogP contribution is 2.29. The van der Waals surface area contributed by atoms with E-state index in [4.69, 9.17) is 5.73 Å². The molecule has 1 aliphatic carbocycles. The van der Waals surface area contributed by atoms with Crippen molar-refractivity contribution in [1.82, 2.24) is 9.80 Å². The Bertz CT molecular complexity index is 283. The zero-order valence-corrected chi connectivity index (χ0v) is 13.2. The molecule has 1 aliphatic rings. The fourth-order valence-corrected chi connectivity index (χ4v) is 3.40. The van der Waals surface area contributed by atoms with Crippen molar-refractivity contribution in [1.29, 1.82) is 0 Å². The molecular formula is C15H31N3O. The Kier molecular flexibility index (Phi) is 6.27. The zero-order chi connectivity index (χ0) is 14.6. The second kappa shape index (κ2) is 7.25. The highest BCUT2D eigenvalue weighted by atomic mass is 16.2. The van der Waals surface area contributed by atoms with Gasteiger partial charge in [-0.05, 0) is 53.1 Å². The number of nitrogens with zero attached hydrogens (tertiary/aromatic N) is 2. The van der Waals surface area contributed by atoms with Gasteiger partial charge in [-0.2, -0.15) is 0 Å². The quantitative estimate of drug-likeness (QED) is 0.824. The van der Waals surface area contributed by atoms with Gasteiger partial charge in [0.05, 0.1) is 0 Å². The highest BCUT2D eigenvalue weighted by molar-refractivity contribution is 5.79. The van der Waals surface area contributed by atoms with Gasteiger partial charge in [-0.15, -0.1) is 0 Å². The van der Waals surface area contributed by atoms with Crippen LogP contribution in [0.1, 0.15) is 40.0 Å². The third-order valence-corrected chi connectivity index (χ3v) is 4.11. The van der Waals surface area contributed by atoms with E-state index in [-0.39, 0.29) is 18.0 Å². The van der Waals surface area contributed by atoms with Gasteiger partial charge in [0.25, 0.3) is 0 Å². The predicted octanol–water partition coefficient (Wildman–Crippen LogP) is 1.55. The van der Waals surface area contributed by atoms with Crippen LogP contribution in [-0.4, -0.2) is 55.0 Å². The molecule has 0 radical (unpaired) electrons. The molecule has 0 aromatic carbocycles. The molecule has 1 rings (SSSR count). The smallest absolute Gasteiger partial charge is 0.226 e. The lowest BCUT2D eigenvalue weighted by molar-refractivity contribution is -0.139. The van der Waals surface area contributed by atoms with Gasteiger partial charge in [-0.1, -0.05) is 6.92 Å².